The summed E-state index contributed by atoms with van der Waals surface area (Å²) in [6.07, 6.45) is 3.48. The molecular formula is C20H22ClN5O2. The second kappa shape index (κ2) is 7.41. The summed E-state index contributed by atoms with van der Waals surface area (Å²) < 4.78 is 7.08. The number of nitrogens with one attached hydrogen (secondary N) is 1. The fourth-order valence-electron chi connectivity index (χ4n) is 4.53. The molecule has 146 valence electrons. The number of methoxy groups -OCH3 is 1. The van der Waals surface area contributed by atoms with Crippen molar-refractivity contribution in [3.8, 4) is 5.75 Å². The van der Waals surface area contributed by atoms with Crippen LogP contribution in [0.25, 0.3) is 5.65 Å². The minimum absolute atomic E-state index is 0. The Hall–Kier alpha value is -2.64. The molecular weight excluding hydrogens is 378 g/mol. The fourth-order valence-corrected chi connectivity index (χ4v) is 4.53. The van der Waals surface area contributed by atoms with Gasteiger partial charge >= 0.3 is 0 Å². The van der Waals surface area contributed by atoms with E-state index in [1.54, 1.807) is 17.8 Å². The maximum atomic E-state index is 13.5. The summed E-state index contributed by atoms with van der Waals surface area (Å²) in [5.74, 6) is 1.73. The van der Waals surface area contributed by atoms with Crippen LogP contribution in [0.5, 0.6) is 5.75 Å². The molecule has 2 aliphatic rings. The second-order valence-corrected chi connectivity index (χ2v) is 7.24. The summed E-state index contributed by atoms with van der Waals surface area (Å²) in [6.45, 7) is 2.64. The van der Waals surface area contributed by atoms with Gasteiger partial charge in [0.15, 0.2) is 5.65 Å². The normalized spacial score (nSPS) is 23.5. The molecule has 28 heavy (non-hydrogen) atoms. The molecule has 0 bridgehead atoms. The number of ether oxygens (including phenoxy) is 1. The van der Waals surface area contributed by atoms with Gasteiger partial charge in [-0.1, -0.05) is 12.1 Å². The number of aromatic nitrogens is 3. The summed E-state index contributed by atoms with van der Waals surface area (Å²) in [5, 5.41) is 11.6. The van der Waals surface area contributed by atoms with Crippen molar-refractivity contribution in [2.45, 2.75) is 6.04 Å². The number of likely N-dealkylation sites (tertiary alicyclic amines) is 1. The van der Waals surface area contributed by atoms with Crippen LogP contribution in [0.1, 0.15) is 22.0 Å². The molecule has 2 fully saturated rings. The lowest BCUT2D eigenvalue weighted by Gasteiger charge is -2.28. The third-order valence-electron chi connectivity index (χ3n) is 5.84. The van der Waals surface area contributed by atoms with Crippen molar-refractivity contribution in [3.05, 3.63) is 60.0 Å². The highest BCUT2D eigenvalue weighted by atomic mass is 35.5. The summed E-state index contributed by atoms with van der Waals surface area (Å²) in [4.78, 5) is 15.5. The molecule has 3 atom stereocenters. The lowest BCUT2D eigenvalue weighted by atomic mass is 9.89. The molecule has 0 radical (unpaired) electrons. The molecule has 0 unspecified atom stereocenters. The number of nitrogens with zero attached hydrogens (tertiary/aromatic N) is 4. The molecule has 0 saturated carbocycles. The standard InChI is InChI=1S/C20H21N5O2.ClH/c1-27-15-6-4-13(5-7-15)18-17-10-21-9-14(17)11-25(18)20(26)16-3-2-8-24-12-22-23-19(16)24;/h2-8,12,14,17-18,21H,9-11H2,1H3;1H/t14-,17-,18+;/m0./s1. The molecule has 4 heterocycles. The number of fused-ring (bicyclic) bond motifs is 2. The van der Waals surface area contributed by atoms with Crippen LogP contribution in [0.2, 0.25) is 0 Å². The Bertz CT molecular complexity index is 990. The quantitative estimate of drug-likeness (QED) is 0.731. The van der Waals surface area contributed by atoms with Gasteiger partial charge in [-0.2, -0.15) is 0 Å². The van der Waals surface area contributed by atoms with Gasteiger partial charge in [0, 0.05) is 31.7 Å². The van der Waals surface area contributed by atoms with Crippen LogP contribution in [0, 0.1) is 11.8 Å². The fraction of sp³-hybridized carbons (Fsp3) is 0.350. The Labute approximate surface area is 169 Å². The molecule has 2 aromatic heterocycles. The van der Waals surface area contributed by atoms with Gasteiger partial charge in [-0.3, -0.25) is 9.20 Å². The Morgan fingerprint density at radius 3 is 2.82 bits per heavy atom. The number of amides is 1. The van der Waals surface area contributed by atoms with Crippen molar-refractivity contribution >= 4 is 24.0 Å². The Kier molecular flexibility index (Phi) is 4.95. The highest BCUT2D eigenvalue weighted by Gasteiger charge is 2.47. The van der Waals surface area contributed by atoms with E-state index in [9.17, 15) is 4.79 Å². The molecule has 1 N–H and O–H groups in total. The van der Waals surface area contributed by atoms with Gasteiger partial charge in [-0.15, -0.1) is 22.6 Å². The highest BCUT2D eigenvalue weighted by Crippen LogP contribution is 2.43. The zero-order valence-corrected chi connectivity index (χ0v) is 16.3. The first-order valence-electron chi connectivity index (χ1n) is 9.20. The van der Waals surface area contributed by atoms with Gasteiger partial charge in [0.05, 0.1) is 18.7 Å². The maximum absolute atomic E-state index is 13.5. The summed E-state index contributed by atoms with van der Waals surface area (Å²) in [7, 11) is 1.66. The minimum Gasteiger partial charge on any atom is -0.497 e. The smallest absolute Gasteiger partial charge is 0.258 e. The topological polar surface area (TPSA) is 71.8 Å². The number of halogens is 1. The van der Waals surface area contributed by atoms with E-state index in [1.807, 2.05) is 35.4 Å². The van der Waals surface area contributed by atoms with E-state index in [1.165, 1.54) is 0 Å². The largest absolute Gasteiger partial charge is 0.497 e. The van der Waals surface area contributed by atoms with Crippen molar-refractivity contribution in [1.82, 2.24) is 24.8 Å². The van der Waals surface area contributed by atoms with Crippen LogP contribution in [0.4, 0.5) is 0 Å². The monoisotopic (exact) mass is 399 g/mol. The summed E-state index contributed by atoms with van der Waals surface area (Å²) in [5.41, 5.74) is 2.35. The predicted octanol–water partition coefficient (Wildman–Crippen LogP) is 2.19. The zero-order valence-electron chi connectivity index (χ0n) is 15.5. The van der Waals surface area contributed by atoms with Crippen LogP contribution in [-0.4, -0.2) is 52.1 Å². The molecule has 1 amide bonds. The van der Waals surface area contributed by atoms with Gasteiger partial charge in [0.25, 0.3) is 5.91 Å². The third-order valence-corrected chi connectivity index (χ3v) is 5.84. The van der Waals surface area contributed by atoms with Crippen molar-refractivity contribution in [2.75, 3.05) is 26.7 Å². The maximum Gasteiger partial charge on any atom is 0.258 e. The molecule has 0 spiro atoms. The van der Waals surface area contributed by atoms with E-state index in [-0.39, 0.29) is 24.4 Å². The predicted molar refractivity (Wildman–Crippen MR) is 107 cm³/mol. The minimum atomic E-state index is 0. The molecule has 2 aliphatic heterocycles. The first kappa shape index (κ1) is 18.7. The molecule has 0 aliphatic carbocycles. The van der Waals surface area contributed by atoms with Crippen molar-refractivity contribution in [3.63, 3.8) is 0 Å². The van der Waals surface area contributed by atoms with E-state index in [0.717, 1.165) is 30.9 Å². The lowest BCUT2D eigenvalue weighted by molar-refractivity contribution is 0.0715. The number of hydrogen-bond acceptors (Lipinski definition) is 5. The number of rotatable bonds is 3. The molecule has 5 rings (SSSR count). The lowest BCUT2D eigenvalue weighted by Crippen LogP contribution is -2.35. The van der Waals surface area contributed by atoms with E-state index >= 15 is 0 Å². The Balaban J connectivity index is 0.00000192. The van der Waals surface area contributed by atoms with Gasteiger partial charge in [0.2, 0.25) is 0 Å². The average molecular weight is 400 g/mol. The second-order valence-electron chi connectivity index (χ2n) is 7.24. The number of pyridine rings is 1. The van der Waals surface area contributed by atoms with Crippen LogP contribution in [0.15, 0.2) is 48.9 Å². The van der Waals surface area contributed by atoms with Crippen LogP contribution < -0.4 is 10.1 Å². The Morgan fingerprint density at radius 1 is 1.21 bits per heavy atom. The van der Waals surface area contributed by atoms with Crippen LogP contribution >= 0.6 is 12.4 Å². The van der Waals surface area contributed by atoms with Crippen molar-refractivity contribution < 1.29 is 9.53 Å². The van der Waals surface area contributed by atoms with Gasteiger partial charge in [-0.05, 0) is 35.7 Å². The van der Waals surface area contributed by atoms with E-state index in [4.69, 9.17) is 4.74 Å². The molecule has 8 heteroatoms. The summed E-state index contributed by atoms with van der Waals surface area (Å²) in [6, 6.07) is 11.8. The molecule has 2 saturated heterocycles. The van der Waals surface area contributed by atoms with Crippen LogP contribution in [0.3, 0.4) is 0 Å². The van der Waals surface area contributed by atoms with Gasteiger partial charge in [0.1, 0.15) is 12.1 Å². The van der Waals surface area contributed by atoms with Crippen molar-refractivity contribution in [2.24, 2.45) is 11.8 Å². The number of hydrogen-bond donors (Lipinski definition) is 1. The summed E-state index contributed by atoms with van der Waals surface area (Å²) >= 11 is 0. The SMILES string of the molecule is COc1ccc([C@@H]2[C@H]3CNC[C@H]3CN2C(=O)c2cccn3cnnc23)cc1.Cl. The first-order chi connectivity index (χ1) is 13.3. The molecule has 1 aromatic carbocycles. The number of carbonyl (C=O) groups is 1. The third kappa shape index (κ3) is 2.91. The van der Waals surface area contributed by atoms with Gasteiger partial charge in [-0.25, -0.2) is 0 Å². The average Bonchev–Trinajstić information content (AvgIpc) is 3.42. The zero-order chi connectivity index (χ0) is 18.4. The van der Waals surface area contributed by atoms with Crippen LogP contribution in [-0.2, 0) is 0 Å². The molecule has 3 aromatic rings. The van der Waals surface area contributed by atoms with E-state index < -0.39 is 0 Å². The first-order valence-corrected chi connectivity index (χ1v) is 9.20. The van der Waals surface area contributed by atoms with Crippen molar-refractivity contribution in [1.29, 1.82) is 0 Å². The van der Waals surface area contributed by atoms with E-state index in [2.05, 4.69) is 27.6 Å². The molecule has 7 nitrogen and oxygen atoms in total. The van der Waals surface area contributed by atoms with Gasteiger partial charge < -0.3 is 15.0 Å². The number of benzene rings is 1. The highest BCUT2D eigenvalue weighted by molar-refractivity contribution is 6.00. The number of carbonyl (C=O) groups excluding carboxylic acids is 1. The Morgan fingerprint density at radius 2 is 2.04 bits per heavy atom. The van der Waals surface area contributed by atoms with E-state index in [0.29, 0.717) is 23.0 Å².